The Bertz CT molecular complexity index is 1010. The van der Waals surface area contributed by atoms with E-state index in [1.807, 2.05) is 0 Å². The fraction of sp³-hybridized carbons (Fsp3) is 0.774. The normalized spacial score (nSPS) is 12.7. The van der Waals surface area contributed by atoms with Crippen LogP contribution in [-0.4, -0.2) is 37.9 Å². The van der Waals surface area contributed by atoms with Crippen LogP contribution in [0.15, 0.2) is 60.8 Å². The lowest BCUT2D eigenvalue weighted by molar-refractivity contribution is -0.163. The van der Waals surface area contributed by atoms with Crippen molar-refractivity contribution in [2.45, 2.75) is 245 Å². The van der Waals surface area contributed by atoms with Gasteiger partial charge in [0, 0.05) is 19.4 Å². The van der Waals surface area contributed by atoms with Crippen molar-refractivity contribution in [3.63, 3.8) is 0 Å². The van der Waals surface area contributed by atoms with Crippen molar-refractivity contribution < 1.29 is 23.8 Å². The molecule has 0 saturated carbocycles. The van der Waals surface area contributed by atoms with Gasteiger partial charge in [0.25, 0.3) is 0 Å². The molecule has 0 heterocycles. The monoisotopic (exact) mass is 811 g/mol. The van der Waals surface area contributed by atoms with Gasteiger partial charge in [0.1, 0.15) is 6.61 Å². The minimum atomic E-state index is -0.553. The molecule has 1 atom stereocenters. The third-order valence-electron chi connectivity index (χ3n) is 10.5. The van der Waals surface area contributed by atoms with Crippen molar-refractivity contribution in [2.24, 2.45) is 0 Å². The number of rotatable bonds is 45. The van der Waals surface area contributed by atoms with E-state index >= 15 is 0 Å². The van der Waals surface area contributed by atoms with E-state index in [4.69, 9.17) is 14.2 Å². The van der Waals surface area contributed by atoms with Gasteiger partial charge in [0.05, 0.1) is 6.61 Å². The van der Waals surface area contributed by atoms with Gasteiger partial charge in [-0.3, -0.25) is 9.59 Å². The van der Waals surface area contributed by atoms with Crippen LogP contribution in [0, 0.1) is 0 Å². The zero-order valence-corrected chi connectivity index (χ0v) is 38.6. The molecular weight excluding hydrogens is 717 g/mol. The minimum Gasteiger partial charge on any atom is -0.462 e. The van der Waals surface area contributed by atoms with Crippen molar-refractivity contribution in [1.82, 2.24) is 0 Å². The van der Waals surface area contributed by atoms with Gasteiger partial charge < -0.3 is 14.2 Å². The van der Waals surface area contributed by atoms with E-state index in [-0.39, 0.29) is 25.2 Å². The molecule has 0 amide bonds. The van der Waals surface area contributed by atoms with E-state index < -0.39 is 6.10 Å². The number of allylic oxidation sites excluding steroid dienone is 10. The lowest BCUT2D eigenvalue weighted by atomic mass is 10.0. The minimum absolute atomic E-state index is 0.0654. The summed E-state index contributed by atoms with van der Waals surface area (Å²) >= 11 is 0. The molecule has 58 heavy (non-hydrogen) atoms. The van der Waals surface area contributed by atoms with E-state index in [1.54, 1.807) is 0 Å². The standard InChI is InChI=1S/C53H94O5/c1-4-7-10-13-16-19-22-25-26-27-30-33-36-39-42-45-48-56-49-51(58-53(55)47-44-41-38-35-32-29-24-21-18-15-12-9-6-3)50-57-52(54)46-43-40-37-34-31-28-23-20-17-14-11-8-5-2/h8,11-12,15,17,20-21,24,28,31,51H,4-7,9-10,13-14,16,18-19,22-23,25-27,29-30,32-50H2,1-3H3/b11-8-,15-12-,20-17-,24-21-,31-28-. The second-order valence-electron chi connectivity index (χ2n) is 16.3. The Hall–Kier alpha value is -2.40. The highest BCUT2D eigenvalue weighted by atomic mass is 16.6. The van der Waals surface area contributed by atoms with Gasteiger partial charge in [0.2, 0.25) is 0 Å². The van der Waals surface area contributed by atoms with Gasteiger partial charge in [-0.15, -0.1) is 0 Å². The van der Waals surface area contributed by atoms with E-state index in [0.29, 0.717) is 19.4 Å². The van der Waals surface area contributed by atoms with Crippen LogP contribution in [0.2, 0.25) is 0 Å². The third-order valence-corrected chi connectivity index (χ3v) is 10.5. The number of carbonyl (C=O) groups is 2. The summed E-state index contributed by atoms with van der Waals surface area (Å²) in [6.07, 6.45) is 60.8. The molecule has 0 rings (SSSR count). The van der Waals surface area contributed by atoms with Gasteiger partial charge in [0.15, 0.2) is 6.10 Å². The highest BCUT2D eigenvalue weighted by molar-refractivity contribution is 5.70. The fourth-order valence-corrected chi connectivity index (χ4v) is 6.86. The Kier molecular flexibility index (Phi) is 46.9. The second-order valence-corrected chi connectivity index (χ2v) is 16.3. The summed E-state index contributed by atoms with van der Waals surface area (Å²) in [4.78, 5) is 25.3. The van der Waals surface area contributed by atoms with Crippen LogP contribution in [0.3, 0.4) is 0 Å². The number of esters is 2. The lowest BCUT2D eigenvalue weighted by Gasteiger charge is -2.18. The molecule has 0 saturated heterocycles. The Balaban J connectivity index is 4.29. The molecule has 0 radical (unpaired) electrons. The van der Waals surface area contributed by atoms with Gasteiger partial charge in [-0.05, 0) is 77.0 Å². The van der Waals surface area contributed by atoms with Gasteiger partial charge in [-0.2, -0.15) is 0 Å². The Morgan fingerprint density at radius 3 is 1.33 bits per heavy atom. The Labute approximate surface area is 360 Å². The van der Waals surface area contributed by atoms with Crippen molar-refractivity contribution in [3.8, 4) is 0 Å². The molecule has 0 aliphatic carbocycles. The summed E-state index contributed by atoms with van der Waals surface area (Å²) < 4.78 is 17.3. The smallest absolute Gasteiger partial charge is 0.306 e. The van der Waals surface area contributed by atoms with E-state index in [2.05, 4.69) is 81.5 Å². The predicted octanol–water partition coefficient (Wildman–Crippen LogP) is 16.6. The quantitative estimate of drug-likeness (QED) is 0.0348. The topological polar surface area (TPSA) is 61.8 Å². The molecule has 0 aliphatic heterocycles. The van der Waals surface area contributed by atoms with Crippen LogP contribution in [0.1, 0.15) is 239 Å². The van der Waals surface area contributed by atoms with Crippen LogP contribution in [0.5, 0.6) is 0 Å². The van der Waals surface area contributed by atoms with Crippen LogP contribution < -0.4 is 0 Å². The van der Waals surface area contributed by atoms with Crippen molar-refractivity contribution in [3.05, 3.63) is 60.8 Å². The first-order chi connectivity index (χ1) is 28.6. The number of unbranched alkanes of at least 4 members (excludes halogenated alkanes) is 24. The number of hydrogen-bond donors (Lipinski definition) is 0. The van der Waals surface area contributed by atoms with Crippen LogP contribution >= 0.6 is 0 Å². The average molecular weight is 811 g/mol. The number of carbonyl (C=O) groups excluding carboxylic acids is 2. The first kappa shape index (κ1) is 55.6. The molecule has 5 heteroatoms. The highest BCUT2D eigenvalue weighted by Gasteiger charge is 2.17. The summed E-state index contributed by atoms with van der Waals surface area (Å²) in [5.74, 6) is -0.442. The molecule has 5 nitrogen and oxygen atoms in total. The summed E-state index contributed by atoms with van der Waals surface area (Å²) in [6, 6.07) is 0. The molecule has 0 aromatic heterocycles. The van der Waals surface area contributed by atoms with Gasteiger partial charge in [-0.25, -0.2) is 0 Å². The molecular formula is C53H94O5. The molecule has 0 bridgehead atoms. The SMILES string of the molecule is CC/C=C\C/C=C\C/C=C\CCCCCC(=O)OCC(COCCCCCCCCCCCCCCCCCC)OC(=O)CCCCCCC/C=C\C/C=C\CCC. The maximum atomic E-state index is 12.8. The molecule has 0 aliphatic rings. The lowest BCUT2D eigenvalue weighted by Crippen LogP contribution is -2.30. The molecule has 0 N–H and O–H groups in total. The Morgan fingerprint density at radius 1 is 0.397 bits per heavy atom. The fourth-order valence-electron chi connectivity index (χ4n) is 6.86. The first-order valence-corrected chi connectivity index (χ1v) is 24.8. The molecule has 0 spiro atoms. The summed E-state index contributed by atoms with van der Waals surface area (Å²) in [5.41, 5.74) is 0. The van der Waals surface area contributed by atoms with E-state index in [1.165, 1.54) is 116 Å². The van der Waals surface area contributed by atoms with Crippen molar-refractivity contribution >= 4 is 11.9 Å². The largest absolute Gasteiger partial charge is 0.462 e. The predicted molar refractivity (Wildman–Crippen MR) is 251 cm³/mol. The number of hydrogen-bond acceptors (Lipinski definition) is 5. The molecule has 336 valence electrons. The summed E-state index contributed by atoms with van der Waals surface area (Å²) in [7, 11) is 0. The Morgan fingerprint density at radius 2 is 0.810 bits per heavy atom. The maximum absolute atomic E-state index is 12.8. The van der Waals surface area contributed by atoms with E-state index in [0.717, 1.165) is 89.9 Å². The molecule has 0 aromatic rings. The third kappa shape index (κ3) is 46.3. The summed E-state index contributed by atoms with van der Waals surface area (Å²) in [5, 5.41) is 0. The van der Waals surface area contributed by atoms with Crippen molar-refractivity contribution in [1.29, 1.82) is 0 Å². The van der Waals surface area contributed by atoms with Crippen LogP contribution in [0.25, 0.3) is 0 Å². The molecule has 0 aromatic carbocycles. The second kappa shape index (κ2) is 49.0. The zero-order valence-electron chi connectivity index (χ0n) is 38.6. The molecule has 1 unspecified atom stereocenters. The van der Waals surface area contributed by atoms with E-state index in [9.17, 15) is 9.59 Å². The average Bonchev–Trinajstić information content (AvgIpc) is 3.22. The van der Waals surface area contributed by atoms with Gasteiger partial charge >= 0.3 is 11.9 Å². The van der Waals surface area contributed by atoms with Crippen molar-refractivity contribution in [2.75, 3.05) is 19.8 Å². The zero-order chi connectivity index (χ0) is 42.1. The maximum Gasteiger partial charge on any atom is 0.306 e. The van der Waals surface area contributed by atoms with Gasteiger partial charge in [-0.1, -0.05) is 210 Å². The van der Waals surface area contributed by atoms with Crippen LogP contribution in [-0.2, 0) is 23.8 Å². The van der Waals surface area contributed by atoms with Crippen LogP contribution in [0.4, 0.5) is 0 Å². The summed E-state index contributed by atoms with van der Waals surface area (Å²) in [6.45, 7) is 7.63. The molecule has 0 fully saturated rings. The first-order valence-electron chi connectivity index (χ1n) is 24.8. The number of ether oxygens (including phenoxy) is 3. The highest BCUT2D eigenvalue weighted by Crippen LogP contribution is 2.15.